The van der Waals surface area contributed by atoms with E-state index < -0.39 is 12.6 Å². The number of benzene rings is 2. The van der Waals surface area contributed by atoms with Crippen molar-refractivity contribution in [3.8, 4) is 11.5 Å². The van der Waals surface area contributed by atoms with Crippen molar-refractivity contribution in [1.82, 2.24) is 9.38 Å². The molecule has 0 spiro atoms. The van der Waals surface area contributed by atoms with Gasteiger partial charge in [0.2, 0.25) is 0 Å². The number of ether oxygens (including phenoxy) is 2. The smallest absolute Gasteiger partial charge is 0.341 e. The molecule has 0 saturated heterocycles. The molecule has 142 valence electrons. The highest BCUT2D eigenvalue weighted by atomic mass is 32.1. The number of para-hydroxylation sites is 3. The summed E-state index contributed by atoms with van der Waals surface area (Å²) in [7, 11) is 0. The van der Waals surface area contributed by atoms with Gasteiger partial charge in [0.15, 0.2) is 23.1 Å². The summed E-state index contributed by atoms with van der Waals surface area (Å²) < 4.78 is 13.0. The quantitative estimate of drug-likeness (QED) is 0.538. The van der Waals surface area contributed by atoms with Crippen LogP contribution < -0.4 is 19.6 Å². The van der Waals surface area contributed by atoms with E-state index in [4.69, 9.17) is 14.6 Å². The Bertz CT molecular complexity index is 1290. The van der Waals surface area contributed by atoms with Crippen LogP contribution in [0.5, 0.6) is 11.5 Å². The Balaban J connectivity index is 1.88. The third-order valence-electron chi connectivity index (χ3n) is 4.08. The monoisotopic (exact) mass is 396 g/mol. The molecule has 28 heavy (non-hydrogen) atoms. The minimum Gasteiger partial charge on any atom is -0.490 e. The Kier molecular flexibility index (Phi) is 4.70. The van der Waals surface area contributed by atoms with Gasteiger partial charge in [-0.15, -0.1) is 0 Å². The van der Waals surface area contributed by atoms with E-state index in [2.05, 4.69) is 4.98 Å². The van der Waals surface area contributed by atoms with E-state index >= 15 is 0 Å². The summed E-state index contributed by atoms with van der Waals surface area (Å²) in [6.07, 6.45) is 1.68. The summed E-state index contributed by atoms with van der Waals surface area (Å²) in [6.45, 7) is 1.72. The SMILES string of the molecule is CCOc1cccc(/C=c2\sc3nc4ccccc4n3c2=O)c1OCC(=O)O. The molecule has 2 heterocycles. The molecule has 2 aromatic heterocycles. The van der Waals surface area contributed by atoms with Crippen LogP contribution in [0.15, 0.2) is 47.3 Å². The maximum Gasteiger partial charge on any atom is 0.341 e. The first-order chi connectivity index (χ1) is 13.6. The van der Waals surface area contributed by atoms with Gasteiger partial charge in [0.05, 0.1) is 22.2 Å². The number of fused-ring (bicyclic) bond motifs is 3. The molecule has 2 aromatic carbocycles. The molecule has 0 bridgehead atoms. The molecular weight excluding hydrogens is 380 g/mol. The van der Waals surface area contributed by atoms with Crippen LogP contribution in [0.4, 0.5) is 0 Å². The molecule has 0 aliphatic carbocycles. The van der Waals surface area contributed by atoms with Gasteiger partial charge < -0.3 is 14.6 Å². The molecule has 0 fully saturated rings. The van der Waals surface area contributed by atoms with E-state index in [0.717, 1.165) is 11.0 Å². The molecule has 0 radical (unpaired) electrons. The number of hydrogen-bond donors (Lipinski definition) is 1. The summed E-state index contributed by atoms with van der Waals surface area (Å²) in [5.41, 5.74) is 1.91. The Morgan fingerprint density at radius 3 is 2.82 bits per heavy atom. The van der Waals surface area contributed by atoms with Gasteiger partial charge in [-0.3, -0.25) is 4.79 Å². The number of thiazole rings is 1. The predicted octanol–water partition coefficient (Wildman–Crippen LogP) is 2.32. The first kappa shape index (κ1) is 18.0. The predicted molar refractivity (Wildman–Crippen MR) is 106 cm³/mol. The number of carboxylic acid groups (broad SMARTS) is 1. The number of rotatable bonds is 6. The lowest BCUT2D eigenvalue weighted by molar-refractivity contribution is -0.139. The molecular formula is C20H16N2O5S. The second-order valence-electron chi connectivity index (χ2n) is 5.92. The van der Waals surface area contributed by atoms with Crippen molar-refractivity contribution in [2.45, 2.75) is 6.92 Å². The number of aliphatic carboxylic acids is 1. The highest BCUT2D eigenvalue weighted by molar-refractivity contribution is 7.15. The summed E-state index contributed by atoms with van der Waals surface area (Å²) in [5, 5.41) is 8.95. The van der Waals surface area contributed by atoms with Gasteiger partial charge in [-0.1, -0.05) is 35.6 Å². The van der Waals surface area contributed by atoms with Gasteiger partial charge >= 0.3 is 5.97 Å². The molecule has 4 rings (SSSR count). The van der Waals surface area contributed by atoms with E-state index in [-0.39, 0.29) is 5.56 Å². The third-order valence-corrected chi connectivity index (χ3v) is 5.05. The van der Waals surface area contributed by atoms with Crippen molar-refractivity contribution < 1.29 is 19.4 Å². The number of hydrogen-bond acceptors (Lipinski definition) is 6. The molecule has 0 aliphatic rings. The van der Waals surface area contributed by atoms with E-state index in [1.807, 2.05) is 31.2 Å². The van der Waals surface area contributed by atoms with Gasteiger partial charge in [0, 0.05) is 5.56 Å². The van der Waals surface area contributed by atoms with Crippen molar-refractivity contribution in [2.24, 2.45) is 0 Å². The zero-order valence-corrected chi connectivity index (χ0v) is 15.7. The minimum atomic E-state index is -1.09. The van der Waals surface area contributed by atoms with E-state index in [1.165, 1.54) is 11.3 Å². The normalized spacial score (nSPS) is 12.0. The molecule has 0 unspecified atom stereocenters. The second-order valence-corrected chi connectivity index (χ2v) is 6.93. The van der Waals surface area contributed by atoms with Crippen LogP contribution in [-0.2, 0) is 4.79 Å². The second kappa shape index (κ2) is 7.32. The third kappa shape index (κ3) is 3.18. The zero-order valence-electron chi connectivity index (χ0n) is 14.9. The highest BCUT2D eigenvalue weighted by Gasteiger charge is 2.14. The van der Waals surface area contributed by atoms with Crippen LogP contribution in [-0.4, -0.2) is 33.7 Å². The fourth-order valence-corrected chi connectivity index (χ4v) is 3.93. The van der Waals surface area contributed by atoms with Crippen LogP contribution in [0.25, 0.3) is 22.1 Å². The van der Waals surface area contributed by atoms with Crippen molar-refractivity contribution >= 4 is 39.4 Å². The van der Waals surface area contributed by atoms with Crippen LogP contribution in [0, 0.1) is 0 Å². The fraction of sp³-hybridized carbons (Fsp3) is 0.150. The van der Waals surface area contributed by atoms with E-state index in [0.29, 0.717) is 33.2 Å². The summed E-state index contributed by atoms with van der Waals surface area (Å²) >= 11 is 1.27. The van der Waals surface area contributed by atoms with Crippen LogP contribution in [0.3, 0.4) is 0 Å². The van der Waals surface area contributed by atoms with Crippen LogP contribution in [0.2, 0.25) is 0 Å². The number of carbonyl (C=O) groups is 1. The number of carboxylic acids is 1. The maximum atomic E-state index is 12.9. The van der Waals surface area contributed by atoms with Gasteiger partial charge in [0.1, 0.15) is 0 Å². The summed E-state index contributed by atoms with van der Waals surface area (Å²) in [4.78, 5) is 29.0. The van der Waals surface area contributed by atoms with Gasteiger partial charge in [0.25, 0.3) is 5.56 Å². The fourth-order valence-electron chi connectivity index (χ4n) is 2.96. The van der Waals surface area contributed by atoms with Crippen LogP contribution >= 0.6 is 11.3 Å². The Hall–Kier alpha value is -3.39. The standard InChI is InChI=1S/C20H16N2O5S/c1-2-26-15-9-5-6-12(18(15)27-11-17(23)24)10-16-19(25)22-14-8-4-3-7-13(14)21-20(22)28-16/h3-10H,2,11H2,1H3,(H,23,24)/b16-10-. The van der Waals surface area contributed by atoms with E-state index in [9.17, 15) is 9.59 Å². The van der Waals surface area contributed by atoms with Crippen molar-refractivity contribution in [2.75, 3.05) is 13.2 Å². The minimum absolute atomic E-state index is 0.181. The lowest BCUT2D eigenvalue weighted by Crippen LogP contribution is -2.22. The zero-order chi connectivity index (χ0) is 19.7. The van der Waals surface area contributed by atoms with Gasteiger partial charge in [-0.25, -0.2) is 14.2 Å². The number of imidazole rings is 1. The average Bonchev–Trinajstić information content (AvgIpc) is 3.18. The maximum absolute atomic E-state index is 12.9. The lowest BCUT2D eigenvalue weighted by atomic mass is 10.1. The Morgan fingerprint density at radius 1 is 1.21 bits per heavy atom. The lowest BCUT2D eigenvalue weighted by Gasteiger charge is -2.12. The van der Waals surface area contributed by atoms with Crippen LogP contribution in [0.1, 0.15) is 12.5 Å². The molecule has 1 N–H and O–H groups in total. The number of aromatic nitrogens is 2. The largest absolute Gasteiger partial charge is 0.490 e. The first-order valence-corrected chi connectivity index (χ1v) is 9.42. The molecule has 7 nitrogen and oxygen atoms in total. The summed E-state index contributed by atoms with van der Waals surface area (Å²) in [6, 6.07) is 12.7. The van der Waals surface area contributed by atoms with Crippen molar-refractivity contribution in [1.29, 1.82) is 0 Å². The van der Waals surface area contributed by atoms with Gasteiger partial charge in [-0.05, 0) is 31.2 Å². The van der Waals surface area contributed by atoms with Crippen molar-refractivity contribution in [3.63, 3.8) is 0 Å². The molecule has 0 saturated carbocycles. The average molecular weight is 396 g/mol. The van der Waals surface area contributed by atoms with E-state index in [1.54, 1.807) is 28.7 Å². The molecule has 8 heteroatoms. The molecule has 0 atom stereocenters. The van der Waals surface area contributed by atoms with Crippen molar-refractivity contribution in [3.05, 3.63) is 62.9 Å². The Labute approximate surface area is 163 Å². The highest BCUT2D eigenvalue weighted by Crippen LogP contribution is 2.32. The van der Waals surface area contributed by atoms with Gasteiger partial charge in [-0.2, -0.15) is 0 Å². The number of nitrogens with zero attached hydrogens (tertiary/aromatic N) is 2. The summed E-state index contributed by atoms with van der Waals surface area (Å²) in [5.74, 6) is -0.374. The molecule has 4 aromatic rings. The topological polar surface area (TPSA) is 90.1 Å². The molecule has 0 amide bonds. The Morgan fingerprint density at radius 2 is 2.04 bits per heavy atom. The first-order valence-electron chi connectivity index (χ1n) is 8.60. The molecule has 0 aliphatic heterocycles.